The Labute approximate surface area is 56.9 Å². The fourth-order valence-corrected chi connectivity index (χ4v) is 0.510. The van der Waals surface area contributed by atoms with Gasteiger partial charge in [0.15, 0.2) is 0 Å². The van der Waals surface area contributed by atoms with E-state index in [-0.39, 0.29) is 12.4 Å². The second-order valence-corrected chi connectivity index (χ2v) is 1.57. The summed E-state index contributed by atoms with van der Waals surface area (Å²) in [5.74, 6) is 0.0850. The van der Waals surface area contributed by atoms with Gasteiger partial charge >= 0.3 is 0 Å². The van der Waals surface area contributed by atoms with Crippen LogP contribution in [0.3, 0.4) is 0 Å². The molecule has 0 aliphatic rings. The number of carbonyl (C=O) groups is 1. The lowest BCUT2D eigenvalue weighted by Gasteiger charge is -1.85. The number of aromatic nitrogens is 3. The second-order valence-electron chi connectivity index (χ2n) is 1.57. The van der Waals surface area contributed by atoms with Gasteiger partial charge in [-0.05, 0) is 0 Å². The number of carbonyl (C=O) groups excluding carboxylic acids is 1. The van der Waals surface area contributed by atoms with E-state index in [0.29, 0.717) is 6.29 Å². The highest BCUT2D eigenvalue weighted by Crippen LogP contribution is 1.84. The Morgan fingerprint density at radius 3 is 3.20 bits per heavy atom. The third kappa shape index (κ3) is 1.17. The molecule has 0 unspecified atom stereocenters. The molecule has 0 bridgehead atoms. The zero-order valence-corrected chi connectivity index (χ0v) is 5.06. The van der Waals surface area contributed by atoms with Gasteiger partial charge in [-0.3, -0.25) is 0 Å². The third-order valence-electron chi connectivity index (χ3n) is 0.898. The molecule has 1 aromatic rings. The standard InChI is InChI=1S/C5H4N4O/c6-3-5-7-4-9(8-5)1-2-10/h2,4H,1H2. The van der Waals surface area contributed by atoms with Crippen molar-refractivity contribution in [2.75, 3.05) is 0 Å². The minimum atomic E-state index is 0.0850. The van der Waals surface area contributed by atoms with Gasteiger partial charge < -0.3 is 4.79 Å². The average molecular weight is 136 g/mol. The van der Waals surface area contributed by atoms with Crippen LogP contribution in [0.5, 0.6) is 0 Å². The summed E-state index contributed by atoms with van der Waals surface area (Å²) in [5, 5.41) is 11.9. The number of nitrogens with zero attached hydrogens (tertiary/aromatic N) is 4. The highest BCUT2D eigenvalue weighted by atomic mass is 16.1. The lowest BCUT2D eigenvalue weighted by Crippen LogP contribution is -1.98. The minimum absolute atomic E-state index is 0.0850. The number of hydrogen-bond acceptors (Lipinski definition) is 4. The normalized spacial score (nSPS) is 8.70. The summed E-state index contributed by atoms with van der Waals surface area (Å²) < 4.78 is 1.30. The topological polar surface area (TPSA) is 71.6 Å². The minimum Gasteiger partial charge on any atom is -0.301 e. The molecule has 0 aliphatic heterocycles. The first-order valence-electron chi connectivity index (χ1n) is 2.60. The van der Waals surface area contributed by atoms with Crippen LogP contribution in [0.2, 0.25) is 0 Å². The summed E-state index contributed by atoms with van der Waals surface area (Å²) in [5.41, 5.74) is 0. The highest BCUT2D eigenvalue weighted by Gasteiger charge is 1.95. The third-order valence-corrected chi connectivity index (χ3v) is 0.898. The van der Waals surface area contributed by atoms with Crippen molar-refractivity contribution in [2.24, 2.45) is 0 Å². The number of aldehydes is 1. The van der Waals surface area contributed by atoms with Crippen LogP contribution in [0.15, 0.2) is 6.33 Å². The first-order valence-corrected chi connectivity index (χ1v) is 2.60. The molecule has 1 heterocycles. The van der Waals surface area contributed by atoms with E-state index in [1.54, 1.807) is 6.07 Å². The average Bonchev–Trinajstić information content (AvgIpc) is 2.37. The van der Waals surface area contributed by atoms with Gasteiger partial charge in [-0.2, -0.15) is 5.26 Å². The molecular weight excluding hydrogens is 132 g/mol. The van der Waals surface area contributed by atoms with Crippen LogP contribution >= 0.6 is 0 Å². The summed E-state index contributed by atoms with van der Waals surface area (Å²) in [4.78, 5) is 13.5. The Balaban J connectivity index is 2.80. The van der Waals surface area contributed by atoms with Crippen molar-refractivity contribution in [3.8, 4) is 6.07 Å². The zero-order valence-electron chi connectivity index (χ0n) is 5.06. The molecule has 10 heavy (non-hydrogen) atoms. The van der Waals surface area contributed by atoms with Crippen molar-refractivity contribution in [1.29, 1.82) is 5.26 Å². The van der Waals surface area contributed by atoms with E-state index >= 15 is 0 Å². The number of nitriles is 1. The van der Waals surface area contributed by atoms with Crippen LogP contribution < -0.4 is 0 Å². The summed E-state index contributed by atoms with van der Waals surface area (Å²) in [6.07, 6.45) is 2.03. The Kier molecular flexibility index (Phi) is 1.75. The lowest BCUT2D eigenvalue weighted by molar-refractivity contribution is -0.108. The van der Waals surface area contributed by atoms with Crippen molar-refractivity contribution >= 4 is 6.29 Å². The lowest BCUT2D eigenvalue weighted by atomic mass is 10.7. The van der Waals surface area contributed by atoms with Gasteiger partial charge in [-0.15, -0.1) is 5.10 Å². The second kappa shape index (κ2) is 2.73. The van der Waals surface area contributed by atoms with E-state index in [0.717, 1.165) is 0 Å². The molecule has 0 aromatic carbocycles. The number of rotatable bonds is 2. The monoisotopic (exact) mass is 136 g/mol. The van der Waals surface area contributed by atoms with Gasteiger partial charge in [0.2, 0.25) is 0 Å². The van der Waals surface area contributed by atoms with E-state index in [2.05, 4.69) is 10.1 Å². The molecule has 50 valence electrons. The van der Waals surface area contributed by atoms with Crippen LogP contribution in [0.1, 0.15) is 5.82 Å². The summed E-state index contributed by atoms with van der Waals surface area (Å²) in [6.45, 7) is 0.147. The van der Waals surface area contributed by atoms with Gasteiger partial charge in [0, 0.05) is 0 Å². The first kappa shape index (κ1) is 6.42. The molecule has 5 heteroatoms. The van der Waals surface area contributed by atoms with E-state index in [1.165, 1.54) is 11.0 Å². The quantitative estimate of drug-likeness (QED) is 0.506. The Hall–Kier alpha value is -1.70. The number of hydrogen-bond donors (Lipinski definition) is 0. The van der Waals surface area contributed by atoms with Crippen molar-refractivity contribution < 1.29 is 4.79 Å². The zero-order chi connectivity index (χ0) is 7.40. The van der Waals surface area contributed by atoms with Crippen LogP contribution in [-0.4, -0.2) is 21.1 Å². The Bertz CT molecular complexity index is 271. The molecule has 0 saturated carbocycles. The molecule has 0 spiro atoms. The van der Waals surface area contributed by atoms with Gasteiger partial charge in [0.05, 0.1) is 6.54 Å². The maximum atomic E-state index is 9.90. The maximum absolute atomic E-state index is 9.90. The van der Waals surface area contributed by atoms with E-state index in [9.17, 15) is 4.79 Å². The predicted octanol–water partition coefficient (Wildman–Crippen LogP) is -0.651. The van der Waals surface area contributed by atoms with Crippen LogP contribution in [0, 0.1) is 11.3 Å². The Morgan fingerprint density at radius 2 is 2.70 bits per heavy atom. The molecule has 0 saturated heterocycles. The molecule has 0 atom stereocenters. The summed E-state index contributed by atoms with van der Waals surface area (Å²) in [7, 11) is 0. The molecule has 0 N–H and O–H groups in total. The van der Waals surface area contributed by atoms with Crippen molar-refractivity contribution in [3.63, 3.8) is 0 Å². The molecule has 1 rings (SSSR count). The summed E-state index contributed by atoms with van der Waals surface area (Å²) >= 11 is 0. The van der Waals surface area contributed by atoms with Crippen molar-refractivity contribution in [1.82, 2.24) is 14.8 Å². The summed E-state index contributed by atoms with van der Waals surface area (Å²) in [6, 6.07) is 1.75. The molecule has 0 fully saturated rings. The van der Waals surface area contributed by atoms with Gasteiger partial charge in [-0.25, -0.2) is 9.67 Å². The van der Waals surface area contributed by atoms with Gasteiger partial charge in [0.1, 0.15) is 18.7 Å². The van der Waals surface area contributed by atoms with Crippen LogP contribution in [0.25, 0.3) is 0 Å². The van der Waals surface area contributed by atoms with Gasteiger partial charge in [0.25, 0.3) is 5.82 Å². The Morgan fingerprint density at radius 1 is 1.90 bits per heavy atom. The molecule has 0 amide bonds. The fraction of sp³-hybridized carbons (Fsp3) is 0.200. The molecule has 0 radical (unpaired) electrons. The van der Waals surface area contributed by atoms with E-state index in [4.69, 9.17) is 5.26 Å². The van der Waals surface area contributed by atoms with Crippen molar-refractivity contribution in [3.05, 3.63) is 12.2 Å². The van der Waals surface area contributed by atoms with E-state index in [1.807, 2.05) is 0 Å². The van der Waals surface area contributed by atoms with Gasteiger partial charge in [-0.1, -0.05) is 0 Å². The predicted molar refractivity (Wildman–Crippen MR) is 30.8 cm³/mol. The van der Waals surface area contributed by atoms with E-state index < -0.39 is 0 Å². The highest BCUT2D eigenvalue weighted by molar-refractivity contribution is 5.48. The largest absolute Gasteiger partial charge is 0.301 e. The van der Waals surface area contributed by atoms with Crippen LogP contribution in [-0.2, 0) is 11.3 Å². The molecule has 5 nitrogen and oxygen atoms in total. The van der Waals surface area contributed by atoms with Crippen LogP contribution in [0.4, 0.5) is 0 Å². The SMILES string of the molecule is N#Cc1ncn(CC=O)n1. The molecular formula is C5H4N4O. The molecule has 0 aliphatic carbocycles. The fourth-order valence-electron chi connectivity index (χ4n) is 0.510. The maximum Gasteiger partial charge on any atom is 0.252 e. The first-order chi connectivity index (χ1) is 4.86. The smallest absolute Gasteiger partial charge is 0.252 e. The van der Waals surface area contributed by atoms with Crippen molar-refractivity contribution in [2.45, 2.75) is 6.54 Å². The molecule has 1 aromatic heterocycles.